The van der Waals surface area contributed by atoms with Gasteiger partial charge in [0.2, 0.25) is 5.78 Å². The highest BCUT2D eigenvalue weighted by molar-refractivity contribution is 7.14. The molecule has 0 aliphatic carbocycles. The van der Waals surface area contributed by atoms with E-state index in [2.05, 4.69) is 20.8 Å². The summed E-state index contributed by atoms with van der Waals surface area (Å²) in [6, 6.07) is 9.42. The highest BCUT2D eigenvalue weighted by Crippen LogP contribution is 2.31. The van der Waals surface area contributed by atoms with Gasteiger partial charge in [-0.3, -0.25) is 4.79 Å². The van der Waals surface area contributed by atoms with Crippen LogP contribution in [0.1, 0.15) is 46.4 Å². The van der Waals surface area contributed by atoms with E-state index in [0.717, 1.165) is 10.4 Å². The van der Waals surface area contributed by atoms with Gasteiger partial charge in [0.05, 0.1) is 4.88 Å². The number of nitrogen functional groups attached to an aromatic ring is 1. The highest BCUT2D eigenvalue weighted by Gasteiger charge is 2.20. The molecule has 0 atom stereocenters. The summed E-state index contributed by atoms with van der Waals surface area (Å²) in [5, 5.41) is 0. The third kappa shape index (κ3) is 2.87. The quantitative estimate of drug-likeness (QED) is 0.659. The molecule has 0 aliphatic rings. The van der Waals surface area contributed by atoms with Crippen LogP contribution in [-0.4, -0.2) is 5.78 Å². The highest BCUT2D eigenvalue weighted by atomic mass is 32.1. The number of carbonyl (C=O) groups excluding carboxylic acids is 1. The molecular formula is C16H19NOS. The summed E-state index contributed by atoms with van der Waals surface area (Å²) in [6.07, 6.45) is 0. The lowest BCUT2D eigenvalue weighted by Gasteiger charge is -2.15. The van der Waals surface area contributed by atoms with Gasteiger partial charge in [-0.2, -0.15) is 0 Å². The lowest BCUT2D eigenvalue weighted by molar-refractivity contribution is 0.104. The van der Waals surface area contributed by atoms with Gasteiger partial charge in [-0.25, -0.2) is 0 Å². The molecule has 0 fully saturated rings. The van der Waals surface area contributed by atoms with Crippen LogP contribution in [0.15, 0.2) is 30.3 Å². The fraction of sp³-hybridized carbons (Fsp3) is 0.312. The SMILES string of the molecule is Cc1ccc(N)cc1C(=O)c1ccc(C(C)(C)C)s1. The Bertz CT molecular complexity index is 620. The van der Waals surface area contributed by atoms with Crippen molar-refractivity contribution in [2.75, 3.05) is 5.73 Å². The fourth-order valence-corrected chi connectivity index (χ4v) is 2.90. The monoisotopic (exact) mass is 273 g/mol. The van der Waals surface area contributed by atoms with Crippen molar-refractivity contribution in [1.29, 1.82) is 0 Å². The van der Waals surface area contributed by atoms with Gasteiger partial charge in [0.1, 0.15) is 0 Å². The second kappa shape index (κ2) is 4.82. The van der Waals surface area contributed by atoms with Crippen molar-refractivity contribution in [3.63, 3.8) is 0 Å². The van der Waals surface area contributed by atoms with Gasteiger partial charge < -0.3 is 5.73 Å². The molecule has 1 aromatic heterocycles. The van der Waals surface area contributed by atoms with Crippen molar-refractivity contribution in [1.82, 2.24) is 0 Å². The molecule has 3 heteroatoms. The molecule has 0 saturated heterocycles. The minimum Gasteiger partial charge on any atom is -0.399 e. The maximum Gasteiger partial charge on any atom is 0.203 e. The number of ketones is 1. The van der Waals surface area contributed by atoms with E-state index in [1.54, 1.807) is 17.4 Å². The van der Waals surface area contributed by atoms with Crippen molar-refractivity contribution < 1.29 is 4.79 Å². The third-order valence-corrected chi connectivity index (χ3v) is 4.58. The summed E-state index contributed by atoms with van der Waals surface area (Å²) < 4.78 is 0. The Morgan fingerprint density at radius 1 is 1.16 bits per heavy atom. The van der Waals surface area contributed by atoms with Crippen LogP contribution in [0.3, 0.4) is 0 Å². The molecule has 19 heavy (non-hydrogen) atoms. The van der Waals surface area contributed by atoms with Crippen LogP contribution in [0.5, 0.6) is 0 Å². The zero-order valence-corrected chi connectivity index (χ0v) is 12.6. The van der Waals surface area contributed by atoms with E-state index in [9.17, 15) is 4.79 Å². The fourth-order valence-electron chi connectivity index (χ4n) is 1.88. The number of benzene rings is 1. The second-order valence-corrected chi connectivity index (χ2v) is 6.90. The van der Waals surface area contributed by atoms with E-state index < -0.39 is 0 Å². The molecule has 2 N–H and O–H groups in total. The number of hydrogen-bond donors (Lipinski definition) is 1. The van der Waals surface area contributed by atoms with Crippen LogP contribution < -0.4 is 5.73 Å². The minimum atomic E-state index is 0.0605. The van der Waals surface area contributed by atoms with Crippen molar-refractivity contribution in [2.24, 2.45) is 0 Å². The number of nitrogens with two attached hydrogens (primary N) is 1. The molecule has 1 heterocycles. The summed E-state index contributed by atoms with van der Waals surface area (Å²) in [4.78, 5) is 14.5. The average molecular weight is 273 g/mol. The van der Waals surface area contributed by atoms with Gasteiger partial charge in [0.15, 0.2) is 0 Å². The molecule has 0 radical (unpaired) electrons. The predicted molar refractivity (Wildman–Crippen MR) is 82.0 cm³/mol. The molecule has 100 valence electrons. The lowest BCUT2D eigenvalue weighted by atomic mass is 9.95. The van der Waals surface area contributed by atoms with E-state index in [1.807, 2.05) is 31.2 Å². The van der Waals surface area contributed by atoms with Gasteiger partial charge in [0.25, 0.3) is 0 Å². The Morgan fingerprint density at radius 3 is 2.42 bits per heavy atom. The van der Waals surface area contributed by atoms with Crippen molar-refractivity contribution in [2.45, 2.75) is 33.1 Å². The van der Waals surface area contributed by atoms with Crippen LogP contribution in [0.25, 0.3) is 0 Å². The zero-order chi connectivity index (χ0) is 14.2. The molecular weight excluding hydrogens is 254 g/mol. The Kier molecular flexibility index (Phi) is 3.50. The normalized spacial score (nSPS) is 11.6. The first-order chi connectivity index (χ1) is 8.79. The summed E-state index contributed by atoms with van der Waals surface area (Å²) in [5.41, 5.74) is 8.13. The molecule has 0 bridgehead atoms. The molecule has 2 nitrogen and oxygen atoms in total. The van der Waals surface area contributed by atoms with Gasteiger partial charge in [-0.05, 0) is 42.2 Å². The van der Waals surface area contributed by atoms with Crippen molar-refractivity contribution in [3.05, 3.63) is 51.2 Å². The Hall–Kier alpha value is -1.61. The van der Waals surface area contributed by atoms with Crippen LogP contribution in [-0.2, 0) is 5.41 Å². The van der Waals surface area contributed by atoms with E-state index in [-0.39, 0.29) is 11.2 Å². The summed E-state index contributed by atoms with van der Waals surface area (Å²) in [5.74, 6) is 0.0605. The third-order valence-electron chi connectivity index (χ3n) is 3.08. The average Bonchev–Trinajstić information content (AvgIpc) is 2.80. The maximum atomic E-state index is 12.5. The molecule has 2 rings (SSSR count). The lowest BCUT2D eigenvalue weighted by Crippen LogP contribution is -2.08. The Balaban J connectivity index is 2.39. The van der Waals surface area contributed by atoms with Crippen LogP contribution >= 0.6 is 11.3 Å². The van der Waals surface area contributed by atoms with Crippen LogP contribution in [0.2, 0.25) is 0 Å². The first-order valence-electron chi connectivity index (χ1n) is 6.30. The topological polar surface area (TPSA) is 43.1 Å². The molecule has 2 aromatic rings. The summed E-state index contributed by atoms with van der Waals surface area (Å²) in [6.45, 7) is 8.39. The number of anilines is 1. The van der Waals surface area contributed by atoms with Crippen molar-refractivity contribution >= 4 is 22.8 Å². The van der Waals surface area contributed by atoms with Gasteiger partial charge in [-0.1, -0.05) is 26.8 Å². The minimum absolute atomic E-state index is 0.0605. The van der Waals surface area contributed by atoms with E-state index >= 15 is 0 Å². The number of thiophene rings is 1. The molecule has 0 aliphatic heterocycles. The van der Waals surface area contributed by atoms with Crippen LogP contribution in [0.4, 0.5) is 5.69 Å². The summed E-state index contributed by atoms with van der Waals surface area (Å²) >= 11 is 1.57. The number of carbonyl (C=O) groups is 1. The number of hydrogen-bond acceptors (Lipinski definition) is 3. The number of aryl methyl sites for hydroxylation is 1. The first kappa shape index (κ1) is 13.8. The van der Waals surface area contributed by atoms with E-state index in [1.165, 1.54) is 4.88 Å². The molecule has 0 spiro atoms. The molecule has 0 unspecified atom stereocenters. The van der Waals surface area contributed by atoms with E-state index in [0.29, 0.717) is 11.3 Å². The predicted octanol–water partition coefficient (Wildman–Crippen LogP) is 4.17. The zero-order valence-electron chi connectivity index (χ0n) is 11.8. The number of rotatable bonds is 2. The first-order valence-corrected chi connectivity index (χ1v) is 7.12. The Labute approximate surface area is 118 Å². The Morgan fingerprint density at radius 2 is 1.84 bits per heavy atom. The standard InChI is InChI=1S/C16H19NOS/c1-10-5-6-11(17)9-12(10)15(18)13-7-8-14(19-13)16(2,3)4/h5-9H,17H2,1-4H3. The van der Waals surface area contributed by atoms with Gasteiger partial charge in [-0.15, -0.1) is 11.3 Å². The maximum absolute atomic E-state index is 12.5. The second-order valence-electron chi connectivity index (χ2n) is 5.82. The van der Waals surface area contributed by atoms with Gasteiger partial charge in [0, 0.05) is 16.1 Å². The molecule has 1 aromatic carbocycles. The van der Waals surface area contributed by atoms with Crippen molar-refractivity contribution in [3.8, 4) is 0 Å². The smallest absolute Gasteiger partial charge is 0.203 e. The van der Waals surface area contributed by atoms with Gasteiger partial charge >= 0.3 is 0 Å². The van der Waals surface area contributed by atoms with Crippen LogP contribution in [0, 0.1) is 6.92 Å². The molecule has 0 saturated carbocycles. The largest absolute Gasteiger partial charge is 0.399 e. The summed E-state index contributed by atoms with van der Waals surface area (Å²) in [7, 11) is 0. The molecule has 0 amide bonds. The van der Waals surface area contributed by atoms with E-state index in [4.69, 9.17) is 5.73 Å².